The van der Waals surface area contributed by atoms with Crippen LogP contribution in [0.3, 0.4) is 0 Å². The van der Waals surface area contributed by atoms with Crippen LogP contribution in [-0.2, 0) is 14.1 Å². The first-order chi connectivity index (χ1) is 12.8. The minimum atomic E-state index is -0.526. The van der Waals surface area contributed by atoms with Crippen molar-refractivity contribution in [2.75, 3.05) is 6.54 Å². The van der Waals surface area contributed by atoms with Crippen LogP contribution in [0.4, 0.5) is 0 Å². The van der Waals surface area contributed by atoms with E-state index in [2.05, 4.69) is 10.3 Å². The number of hydrogen-bond donors (Lipinski definition) is 1. The summed E-state index contributed by atoms with van der Waals surface area (Å²) in [5, 5.41) is 3.04. The molecular formula is C20H22N4O3. The van der Waals surface area contributed by atoms with Crippen LogP contribution in [0.5, 0.6) is 0 Å². The van der Waals surface area contributed by atoms with Gasteiger partial charge in [-0.15, -0.1) is 0 Å². The second-order valence-corrected chi connectivity index (χ2v) is 6.74. The summed E-state index contributed by atoms with van der Waals surface area (Å²) in [7, 11) is 2.93. The van der Waals surface area contributed by atoms with E-state index in [9.17, 15) is 14.4 Å². The zero-order valence-electron chi connectivity index (χ0n) is 15.8. The molecule has 27 heavy (non-hydrogen) atoms. The van der Waals surface area contributed by atoms with E-state index in [1.165, 1.54) is 18.7 Å². The van der Waals surface area contributed by atoms with Crippen molar-refractivity contribution in [2.24, 2.45) is 14.1 Å². The van der Waals surface area contributed by atoms with Crippen molar-refractivity contribution in [1.82, 2.24) is 19.4 Å². The molecule has 7 nitrogen and oxygen atoms in total. The summed E-state index contributed by atoms with van der Waals surface area (Å²) in [5.41, 5.74) is 1.12. The second kappa shape index (κ2) is 7.19. The monoisotopic (exact) mass is 366 g/mol. The Morgan fingerprint density at radius 3 is 2.48 bits per heavy atom. The minimum Gasteiger partial charge on any atom is -0.351 e. The summed E-state index contributed by atoms with van der Waals surface area (Å²) in [6.07, 6.45) is 0. The topological polar surface area (TPSA) is 86.0 Å². The fourth-order valence-corrected chi connectivity index (χ4v) is 3.10. The molecule has 3 rings (SSSR count). The maximum absolute atomic E-state index is 12.8. The van der Waals surface area contributed by atoms with Gasteiger partial charge < -0.3 is 5.32 Å². The van der Waals surface area contributed by atoms with Crippen molar-refractivity contribution in [1.29, 1.82) is 0 Å². The first-order valence-corrected chi connectivity index (χ1v) is 8.71. The summed E-state index contributed by atoms with van der Waals surface area (Å²) < 4.78 is 2.27. The van der Waals surface area contributed by atoms with Gasteiger partial charge in [-0.3, -0.25) is 18.7 Å². The van der Waals surface area contributed by atoms with Crippen LogP contribution in [0.2, 0.25) is 0 Å². The molecule has 0 aliphatic rings. The van der Waals surface area contributed by atoms with E-state index in [-0.39, 0.29) is 28.4 Å². The molecule has 140 valence electrons. The molecule has 0 aliphatic carbocycles. The SMILES string of the molecule is Cc1cc(C(=O)NCC(C)c2ccccc2)c2c(=O)n(C)c(=O)n(C)c2n1. The van der Waals surface area contributed by atoms with Gasteiger partial charge in [0.25, 0.3) is 11.5 Å². The van der Waals surface area contributed by atoms with Gasteiger partial charge in [0.1, 0.15) is 5.65 Å². The van der Waals surface area contributed by atoms with Crippen molar-refractivity contribution in [3.8, 4) is 0 Å². The smallest absolute Gasteiger partial charge is 0.332 e. The molecule has 1 unspecified atom stereocenters. The molecule has 0 spiro atoms. The Morgan fingerprint density at radius 1 is 1.15 bits per heavy atom. The van der Waals surface area contributed by atoms with Crippen molar-refractivity contribution < 1.29 is 4.79 Å². The van der Waals surface area contributed by atoms with Crippen LogP contribution in [0.1, 0.15) is 34.5 Å². The van der Waals surface area contributed by atoms with Crippen LogP contribution in [0.25, 0.3) is 11.0 Å². The lowest BCUT2D eigenvalue weighted by atomic mass is 10.0. The average molecular weight is 366 g/mol. The normalized spacial score (nSPS) is 12.1. The van der Waals surface area contributed by atoms with Gasteiger partial charge in [0.05, 0.1) is 10.9 Å². The highest BCUT2D eigenvalue weighted by atomic mass is 16.2. The third kappa shape index (κ3) is 3.40. The molecule has 2 aromatic heterocycles. The summed E-state index contributed by atoms with van der Waals surface area (Å²) >= 11 is 0. The number of aromatic nitrogens is 3. The average Bonchev–Trinajstić information content (AvgIpc) is 2.68. The number of carbonyl (C=O) groups is 1. The molecule has 1 aromatic carbocycles. The van der Waals surface area contributed by atoms with Crippen LogP contribution in [-0.4, -0.2) is 26.6 Å². The molecule has 1 amide bonds. The Kier molecular flexibility index (Phi) is 4.94. The highest BCUT2D eigenvalue weighted by Crippen LogP contribution is 2.16. The predicted molar refractivity (Wildman–Crippen MR) is 104 cm³/mol. The van der Waals surface area contributed by atoms with Gasteiger partial charge in [-0.2, -0.15) is 0 Å². The van der Waals surface area contributed by atoms with Crippen molar-refractivity contribution >= 4 is 16.9 Å². The maximum Gasteiger partial charge on any atom is 0.332 e. The van der Waals surface area contributed by atoms with Gasteiger partial charge in [-0.05, 0) is 24.5 Å². The zero-order valence-corrected chi connectivity index (χ0v) is 15.8. The van der Waals surface area contributed by atoms with Crippen LogP contribution >= 0.6 is 0 Å². The molecule has 0 radical (unpaired) electrons. The van der Waals surface area contributed by atoms with E-state index in [1.54, 1.807) is 13.0 Å². The number of hydrogen-bond acceptors (Lipinski definition) is 4. The van der Waals surface area contributed by atoms with Crippen LogP contribution in [0, 0.1) is 6.92 Å². The number of carbonyl (C=O) groups excluding carboxylic acids is 1. The lowest BCUT2D eigenvalue weighted by Gasteiger charge is -2.15. The lowest BCUT2D eigenvalue weighted by Crippen LogP contribution is -2.39. The Bertz CT molecular complexity index is 1130. The van der Waals surface area contributed by atoms with Crippen molar-refractivity contribution in [2.45, 2.75) is 19.8 Å². The van der Waals surface area contributed by atoms with E-state index in [1.807, 2.05) is 37.3 Å². The summed E-state index contributed by atoms with van der Waals surface area (Å²) in [4.78, 5) is 41.9. The molecule has 1 N–H and O–H groups in total. The molecule has 0 saturated carbocycles. The zero-order chi connectivity index (χ0) is 19.7. The van der Waals surface area contributed by atoms with E-state index >= 15 is 0 Å². The first kappa shape index (κ1) is 18.6. The summed E-state index contributed by atoms with van der Waals surface area (Å²) in [6, 6.07) is 11.5. The number of fused-ring (bicyclic) bond motifs is 1. The van der Waals surface area contributed by atoms with Crippen molar-refractivity contribution in [3.05, 3.63) is 74.1 Å². The van der Waals surface area contributed by atoms with Gasteiger partial charge >= 0.3 is 5.69 Å². The van der Waals surface area contributed by atoms with Gasteiger partial charge in [0.15, 0.2) is 0 Å². The number of nitrogens with zero attached hydrogens (tertiary/aromatic N) is 3. The number of nitrogens with one attached hydrogen (secondary N) is 1. The van der Waals surface area contributed by atoms with Crippen molar-refractivity contribution in [3.63, 3.8) is 0 Å². The van der Waals surface area contributed by atoms with E-state index in [4.69, 9.17) is 0 Å². The molecule has 3 aromatic rings. The van der Waals surface area contributed by atoms with Gasteiger partial charge in [-0.25, -0.2) is 9.78 Å². The molecular weight excluding hydrogens is 344 g/mol. The summed E-state index contributed by atoms with van der Waals surface area (Å²) in [5.74, 6) is -0.236. The van der Waals surface area contributed by atoms with Gasteiger partial charge in [0.2, 0.25) is 0 Å². The Labute approximate surface area is 156 Å². The molecule has 0 saturated heterocycles. The number of benzene rings is 1. The third-order valence-electron chi connectivity index (χ3n) is 4.72. The van der Waals surface area contributed by atoms with E-state index < -0.39 is 11.2 Å². The molecule has 0 bridgehead atoms. The second-order valence-electron chi connectivity index (χ2n) is 6.74. The highest BCUT2D eigenvalue weighted by Gasteiger charge is 2.19. The fraction of sp³-hybridized carbons (Fsp3) is 0.300. The molecule has 0 aliphatic heterocycles. The number of rotatable bonds is 4. The standard InChI is InChI=1S/C20H22N4O3/c1-12(14-8-6-5-7-9-14)11-21-18(25)15-10-13(2)22-17-16(15)19(26)24(4)20(27)23(17)3/h5-10,12H,11H2,1-4H3,(H,21,25). The molecule has 1 atom stereocenters. The predicted octanol–water partition coefficient (Wildman–Crippen LogP) is 1.47. The van der Waals surface area contributed by atoms with Crippen LogP contribution < -0.4 is 16.6 Å². The van der Waals surface area contributed by atoms with Crippen LogP contribution in [0.15, 0.2) is 46.0 Å². The highest BCUT2D eigenvalue weighted by molar-refractivity contribution is 6.05. The molecule has 0 fully saturated rings. The molecule has 7 heteroatoms. The largest absolute Gasteiger partial charge is 0.351 e. The summed E-state index contributed by atoms with van der Waals surface area (Å²) in [6.45, 7) is 4.18. The Hall–Kier alpha value is -3.22. The fourth-order valence-electron chi connectivity index (χ4n) is 3.10. The maximum atomic E-state index is 12.8. The number of pyridine rings is 1. The first-order valence-electron chi connectivity index (χ1n) is 8.71. The molecule has 2 heterocycles. The minimum absolute atomic E-state index is 0.122. The Morgan fingerprint density at radius 2 is 1.81 bits per heavy atom. The van der Waals surface area contributed by atoms with E-state index in [0.717, 1.165) is 10.1 Å². The Balaban J connectivity index is 2.00. The number of amides is 1. The van der Waals surface area contributed by atoms with Gasteiger partial charge in [-0.1, -0.05) is 37.3 Å². The quantitative estimate of drug-likeness (QED) is 0.758. The third-order valence-corrected chi connectivity index (χ3v) is 4.72. The lowest BCUT2D eigenvalue weighted by molar-refractivity contribution is 0.0953. The van der Waals surface area contributed by atoms with E-state index in [0.29, 0.717) is 12.2 Å². The number of aryl methyl sites for hydroxylation is 2. The van der Waals surface area contributed by atoms with Gasteiger partial charge in [0, 0.05) is 26.3 Å².